The number of amides is 1. The summed E-state index contributed by atoms with van der Waals surface area (Å²) in [6.45, 7) is 12.2. The van der Waals surface area contributed by atoms with Crippen LogP contribution in [0.1, 0.15) is 60.3 Å². The predicted octanol–water partition coefficient (Wildman–Crippen LogP) is 3.16. The smallest absolute Gasteiger partial charge is 0.407 e. The zero-order valence-electron chi connectivity index (χ0n) is 13.2. The molecule has 2 unspecified atom stereocenters. The van der Waals surface area contributed by atoms with Gasteiger partial charge in [0.2, 0.25) is 0 Å². The first kappa shape index (κ1) is 16.3. The maximum absolute atomic E-state index is 11.7. The van der Waals surface area contributed by atoms with E-state index in [0.717, 1.165) is 13.0 Å². The Morgan fingerprint density at radius 3 is 2.68 bits per heavy atom. The van der Waals surface area contributed by atoms with Crippen LogP contribution in [0.4, 0.5) is 4.79 Å². The van der Waals surface area contributed by atoms with Gasteiger partial charge in [-0.2, -0.15) is 0 Å². The number of carbonyl (C=O) groups is 1. The Bertz CT molecular complexity index is 286. The number of likely N-dealkylation sites (tertiary alicyclic amines) is 1. The normalized spacial score (nSPS) is 22.9. The van der Waals surface area contributed by atoms with Crippen LogP contribution in [0.25, 0.3) is 0 Å². The van der Waals surface area contributed by atoms with Crippen molar-refractivity contribution in [2.45, 2.75) is 78.0 Å². The largest absolute Gasteiger partial charge is 0.444 e. The van der Waals surface area contributed by atoms with Gasteiger partial charge in [0.15, 0.2) is 0 Å². The van der Waals surface area contributed by atoms with Gasteiger partial charge in [-0.1, -0.05) is 13.3 Å². The van der Waals surface area contributed by atoms with Gasteiger partial charge in [-0.3, -0.25) is 0 Å². The summed E-state index contributed by atoms with van der Waals surface area (Å²) in [6, 6.07) is 0.760. The minimum absolute atomic E-state index is 0.159. The van der Waals surface area contributed by atoms with Gasteiger partial charge in [-0.15, -0.1) is 0 Å². The molecule has 1 aliphatic rings. The fourth-order valence-electron chi connectivity index (χ4n) is 2.72. The molecule has 19 heavy (non-hydrogen) atoms. The van der Waals surface area contributed by atoms with Crippen molar-refractivity contribution in [2.75, 3.05) is 13.1 Å². The van der Waals surface area contributed by atoms with Gasteiger partial charge in [-0.25, -0.2) is 4.79 Å². The summed E-state index contributed by atoms with van der Waals surface area (Å²) in [5, 5.41) is 2.94. The molecular weight excluding hydrogens is 240 g/mol. The van der Waals surface area contributed by atoms with Crippen molar-refractivity contribution < 1.29 is 9.53 Å². The fourth-order valence-corrected chi connectivity index (χ4v) is 2.72. The second kappa shape index (κ2) is 7.13. The van der Waals surface area contributed by atoms with Crippen LogP contribution in [0.15, 0.2) is 0 Å². The molecule has 1 rings (SSSR count). The van der Waals surface area contributed by atoms with Crippen LogP contribution in [0.5, 0.6) is 0 Å². The molecule has 112 valence electrons. The van der Waals surface area contributed by atoms with Crippen LogP contribution in [-0.2, 0) is 4.74 Å². The zero-order chi connectivity index (χ0) is 14.5. The lowest BCUT2D eigenvalue weighted by atomic mass is 9.96. The average molecular weight is 270 g/mol. The van der Waals surface area contributed by atoms with Crippen LogP contribution >= 0.6 is 0 Å². The van der Waals surface area contributed by atoms with Crippen molar-refractivity contribution in [3.63, 3.8) is 0 Å². The van der Waals surface area contributed by atoms with Crippen LogP contribution < -0.4 is 5.32 Å². The van der Waals surface area contributed by atoms with Gasteiger partial charge < -0.3 is 15.0 Å². The van der Waals surface area contributed by atoms with Gasteiger partial charge in [0.05, 0.1) is 0 Å². The number of ether oxygens (including phenoxy) is 1. The van der Waals surface area contributed by atoms with Crippen molar-refractivity contribution in [3.05, 3.63) is 0 Å². The summed E-state index contributed by atoms with van der Waals surface area (Å²) in [4.78, 5) is 14.2. The molecule has 0 saturated carbocycles. The van der Waals surface area contributed by atoms with E-state index in [-0.39, 0.29) is 12.1 Å². The van der Waals surface area contributed by atoms with E-state index in [4.69, 9.17) is 4.74 Å². The van der Waals surface area contributed by atoms with Crippen molar-refractivity contribution in [1.29, 1.82) is 0 Å². The van der Waals surface area contributed by atoms with E-state index in [0.29, 0.717) is 6.04 Å². The van der Waals surface area contributed by atoms with Crippen molar-refractivity contribution in [3.8, 4) is 0 Å². The monoisotopic (exact) mass is 270 g/mol. The summed E-state index contributed by atoms with van der Waals surface area (Å²) >= 11 is 0. The van der Waals surface area contributed by atoms with E-state index in [1.807, 2.05) is 20.8 Å². The number of piperidine rings is 1. The number of hydrogen-bond donors (Lipinski definition) is 1. The number of nitrogens with zero attached hydrogens (tertiary/aromatic N) is 1. The van der Waals surface area contributed by atoms with Gasteiger partial charge in [0.1, 0.15) is 5.60 Å². The Hall–Kier alpha value is -0.770. The molecule has 0 aromatic rings. The SMILES string of the molecule is CCN1CCCCC1CC(C)NC(=O)OC(C)(C)C. The van der Waals surface area contributed by atoms with Gasteiger partial charge in [0, 0.05) is 12.1 Å². The molecule has 1 heterocycles. The third-order valence-corrected chi connectivity index (χ3v) is 3.54. The summed E-state index contributed by atoms with van der Waals surface area (Å²) in [6.07, 6.45) is 4.55. The molecule has 0 aromatic heterocycles. The fraction of sp³-hybridized carbons (Fsp3) is 0.933. The zero-order valence-corrected chi connectivity index (χ0v) is 13.2. The minimum atomic E-state index is -0.426. The molecule has 0 radical (unpaired) electrons. The van der Waals surface area contributed by atoms with E-state index in [1.54, 1.807) is 0 Å². The predicted molar refractivity (Wildman–Crippen MR) is 78.3 cm³/mol. The van der Waals surface area contributed by atoms with Gasteiger partial charge in [0.25, 0.3) is 0 Å². The van der Waals surface area contributed by atoms with Crippen LogP contribution in [0.3, 0.4) is 0 Å². The highest BCUT2D eigenvalue weighted by Gasteiger charge is 2.24. The molecule has 1 fully saturated rings. The Labute approximate surface area is 117 Å². The highest BCUT2D eigenvalue weighted by molar-refractivity contribution is 5.68. The standard InChI is InChI=1S/C15H30N2O2/c1-6-17-10-8-7-9-13(17)11-12(2)16-14(18)19-15(3,4)5/h12-13H,6-11H2,1-5H3,(H,16,18). The maximum atomic E-state index is 11.7. The average Bonchev–Trinajstić information content (AvgIpc) is 2.26. The molecule has 4 heteroatoms. The van der Waals surface area contributed by atoms with Gasteiger partial charge in [-0.05, 0) is 60.0 Å². The van der Waals surface area contributed by atoms with Crippen molar-refractivity contribution in [2.24, 2.45) is 0 Å². The first-order valence-corrected chi connectivity index (χ1v) is 7.55. The molecule has 4 nitrogen and oxygen atoms in total. The molecule has 0 bridgehead atoms. The second-order valence-electron chi connectivity index (χ2n) is 6.56. The molecule has 0 aromatic carbocycles. The van der Waals surface area contributed by atoms with Crippen molar-refractivity contribution >= 4 is 6.09 Å². The second-order valence-corrected chi connectivity index (χ2v) is 6.56. The molecule has 1 saturated heterocycles. The molecule has 1 N–H and O–H groups in total. The Morgan fingerprint density at radius 2 is 2.11 bits per heavy atom. The van der Waals surface area contributed by atoms with E-state index in [1.165, 1.54) is 25.8 Å². The van der Waals surface area contributed by atoms with Gasteiger partial charge >= 0.3 is 6.09 Å². The maximum Gasteiger partial charge on any atom is 0.407 e. The Morgan fingerprint density at radius 1 is 1.42 bits per heavy atom. The Balaban J connectivity index is 2.37. The van der Waals surface area contributed by atoms with E-state index < -0.39 is 5.60 Å². The van der Waals surface area contributed by atoms with E-state index in [2.05, 4.69) is 24.1 Å². The molecule has 0 spiro atoms. The van der Waals surface area contributed by atoms with Crippen molar-refractivity contribution in [1.82, 2.24) is 10.2 Å². The molecule has 1 amide bonds. The van der Waals surface area contributed by atoms with Crippen LogP contribution in [-0.4, -0.2) is 41.8 Å². The lowest BCUT2D eigenvalue weighted by molar-refractivity contribution is 0.0491. The van der Waals surface area contributed by atoms with E-state index in [9.17, 15) is 4.79 Å². The summed E-state index contributed by atoms with van der Waals surface area (Å²) in [7, 11) is 0. The summed E-state index contributed by atoms with van der Waals surface area (Å²) in [5.74, 6) is 0. The van der Waals surface area contributed by atoms with Crippen LogP contribution in [0, 0.1) is 0 Å². The topological polar surface area (TPSA) is 41.6 Å². The minimum Gasteiger partial charge on any atom is -0.444 e. The lowest BCUT2D eigenvalue weighted by Gasteiger charge is -2.36. The molecular formula is C15H30N2O2. The number of alkyl carbamates (subject to hydrolysis) is 1. The number of rotatable bonds is 4. The number of nitrogens with one attached hydrogen (secondary N) is 1. The molecule has 1 aliphatic heterocycles. The Kier molecular flexibility index (Phi) is 6.11. The summed E-state index contributed by atoms with van der Waals surface area (Å²) in [5.41, 5.74) is -0.426. The number of hydrogen-bond acceptors (Lipinski definition) is 3. The third-order valence-electron chi connectivity index (χ3n) is 3.54. The highest BCUT2D eigenvalue weighted by Crippen LogP contribution is 2.20. The third kappa shape index (κ3) is 6.28. The quantitative estimate of drug-likeness (QED) is 0.853. The first-order chi connectivity index (χ1) is 8.81. The number of carbonyl (C=O) groups excluding carboxylic acids is 1. The first-order valence-electron chi connectivity index (χ1n) is 7.55. The van der Waals surface area contributed by atoms with Crippen LogP contribution in [0.2, 0.25) is 0 Å². The molecule has 2 atom stereocenters. The summed E-state index contributed by atoms with van der Waals surface area (Å²) < 4.78 is 5.29. The van der Waals surface area contributed by atoms with E-state index >= 15 is 0 Å². The lowest BCUT2D eigenvalue weighted by Crippen LogP contribution is -2.45. The highest BCUT2D eigenvalue weighted by atomic mass is 16.6. The molecule has 0 aliphatic carbocycles.